The summed E-state index contributed by atoms with van der Waals surface area (Å²) in [5.41, 5.74) is 2.17. The molecule has 0 heterocycles. The van der Waals surface area contributed by atoms with Gasteiger partial charge < -0.3 is 9.84 Å². The van der Waals surface area contributed by atoms with Crippen molar-refractivity contribution in [3.8, 4) is 11.5 Å². The van der Waals surface area contributed by atoms with Crippen molar-refractivity contribution in [1.29, 1.82) is 0 Å². The first kappa shape index (κ1) is 15.1. The molecule has 0 atom stereocenters. The fourth-order valence-corrected chi connectivity index (χ4v) is 2.14. The van der Waals surface area contributed by atoms with Crippen molar-refractivity contribution in [3.05, 3.63) is 59.2 Å². The Morgan fingerprint density at radius 2 is 1.71 bits per heavy atom. The molecule has 0 fully saturated rings. The minimum absolute atomic E-state index is 0.0467. The molecule has 1 N–H and O–H groups in total. The van der Waals surface area contributed by atoms with Crippen LogP contribution in [-0.4, -0.2) is 11.1 Å². The normalized spacial score (nSPS) is 11.2. The molecular formula is C18H20O3. The first-order chi connectivity index (χ1) is 9.79. The first-order valence-corrected chi connectivity index (χ1v) is 6.90. The van der Waals surface area contributed by atoms with Crippen LogP contribution in [0, 0.1) is 6.92 Å². The van der Waals surface area contributed by atoms with Crippen molar-refractivity contribution in [2.75, 3.05) is 0 Å². The van der Waals surface area contributed by atoms with Crippen molar-refractivity contribution in [1.82, 2.24) is 0 Å². The van der Waals surface area contributed by atoms with Gasteiger partial charge in [0.15, 0.2) is 0 Å². The minimum Gasteiger partial charge on any atom is -0.478 e. The van der Waals surface area contributed by atoms with Gasteiger partial charge in [-0.2, -0.15) is 0 Å². The molecular weight excluding hydrogens is 264 g/mol. The number of aromatic carboxylic acids is 1. The zero-order valence-corrected chi connectivity index (χ0v) is 12.8. The predicted molar refractivity (Wildman–Crippen MR) is 83.4 cm³/mol. The highest BCUT2D eigenvalue weighted by atomic mass is 16.5. The van der Waals surface area contributed by atoms with Gasteiger partial charge in [0.2, 0.25) is 0 Å². The summed E-state index contributed by atoms with van der Waals surface area (Å²) in [5, 5.41) is 9.09. The largest absolute Gasteiger partial charge is 0.478 e. The van der Waals surface area contributed by atoms with Crippen LogP contribution < -0.4 is 4.74 Å². The Balaban J connectivity index is 2.44. The van der Waals surface area contributed by atoms with Crippen molar-refractivity contribution in [2.45, 2.75) is 33.1 Å². The maximum absolute atomic E-state index is 11.1. The Bertz CT molecular complexity index is 666. The van der Waals surface area contributed by atoms with Gasteiger partial charge in [-0.15, -0.1) is 0 Å². The van der Waals surface area contributed by atoms with Crippen LogP contribution in [0.4, 0.5) is 0 Å². The summed E-state index contributed by atoms with van der Waals surface area (Å²) in [6, 6.07) is 12.8. The highest BCUT2D eigenvalue weighted by Gasteiger charge is 2.19. The van der Waals surface area contributed by atoms with Crippen molar-refractivity contribution in [2.24, 2.45) is 0 Å². The van der Waals surface area contributed by atoms with Crippen LogP contribution in [0.15, 0.2) is 42.5 Å². The summed E-state index contributed by atoms with van der Waals surface area (Å²) in [6.45, 7) is 8.27. The second-order valence-corrected chi connectivity index (χ2v) is 6.13. The third-order valence-corrected chi connectivity index (χ3v) is 3.35. The fourth-order valence-electron chi connectivity index (χ4n) is 2.14. The SMILES string of the molecule is Cc1ccc(C(=O)O)cc1Oc1ccccc1C(C)(C)C. The third-order valence-electron chi connectivity index (χ3n) is 3.35. The molecule has 0 radical (unpaired) electrons. The standard InChI is InChI=1S/C18H20O3/c1-12-9-10-13(17(19)20)11-16(12)21-15-8-6-5-7-14(15)18(2,3)4/h5-11H,1-4H3,(H,19,20). The van der Waals surface area contributed by atoms with Crippen molar-refractivity contribution < 1.29 is 14.6 Å². The number of para-hydroxylation sites is 1. The van der Waals surface area contributed by atoms with Crippen LogP contribution in [0.5, 0.6) is 11.5 Å². The molecule has 21 heavy (non-hydrogen) atoms. The molecule has 110 valence electrons. The average molecular weight is 284 g/mol. The van der Waals surface area contributed by atoms with E-state index in [1.165, 1.54) is 0 Å². The lowest BCUT2D eigenvalue weighted by Crippen LogP contribution is -2.12. The minimum atomic E-state index is -0.955. The molecule has 0 aliphatic heterocycles. The Kier molecular flexibility index (Phi) is 4.03. The molecule has 3 heteroatoms. The molecule has 0 saturated heterocycles. The number of carboxylic acid groups (broad SMARTS) is 1. The molecule has 0 unspecified atom stereocenters. The van der Waals surface area contributed by atoms with Gasteiger partial charge in [0.1, 0.15) is 11.5 Å². The van der Waals surface area contributed by atoms with Crippen LogP contribution in [0.25, 0.3) is 0 Å². The van der Waals surface area contributed by atoms with E-state index in [1.807, 2.05) is 31.2 Å². The molecule has 0 aliphatic carbocycles. The monoisotopic (exact) mass is 284 g/mol. The lowest BCUT2D eigenvalue weighted by Gasteiger charge is -2.23. The van der Waals surface area contributed by atoms with Gasteiger partial charge in [-0.1, -0.05) is 45.0 Å². The first-order valence-electron chi connectivity index (χ1n) is 6.90. The zero-order valence-electron chi connectivity index (χ0n) is 12.8. The summed E-state index contributed by atoms with van der Waals surface area (Å²) >= 11 is 0. The van der Waals surface area contributed by atoms with Crippen LogP contribution in [0.3, 0.4) is 0 Å². The third kappa shape index (κ3) is 3.43. The second kappa shape index (κ2) is 5.60. The number of hydrogen-bond acceptors (Lipinski definition) is 2. The van der Waals surface area contributed by atoms with E-state index in [0.29, 0.717) is 5.75 Å². The number of hydrogen-bond donors (Lipinski definition) is 1. The second-order valence-electron chi connectivity index (χ2n) is 6.13. The van der Waals surface area contributed by atoms with E-state index in [9.17, 15) is 4.79 Å². The number of carbonyl (C=O) groups is 1. The maximum Gasteiger partial charge on any atom is 0.335 e. The van der Waals surface area contributed by atoms with Gasteiger partial charge in [-0.3, -0.25) is 0 Å². The quantitative estimate of drug-likeness (QED) is 0.882. The molecule has 0 aliphatic rings. The number of benzene rings is 2. The Morgan fingerprint density at radius 3 is 2.33 bits per heavy atom. The van der Waals surface area contributed by atoms with Crippen LogP contribution in [-0.2, 0) is 5.41 Å². The lowest BCUT2D eigenvalue weighted by atomic mass is 9.86. The van der Waals surface area contributed by atoms with Gasteiger partial charge >= 0.3 is 5.97 Å². The number of ether oxygens (including phenoxy) is 1. The highest BCUT2D eigenvalue weighted by Crippen LogP contribution is 2.35. The summed E-state index contributed by atoms with van der Waals surface area (Å²) in [7, 11) is 0. The molecule has 2 aromatic carbocycles. The highest BCUT2D eigenvalue weighted by molar-refractivity contribution is 5.88. The van der Waals surface area contributed by atoms with E-state index in [0.717, 1.165) is 16.9 Å². The molecule has 3 nitrogen and oxygen atoms in total. The fraction of sp³-hybridized carbons (Fsp3) is 0.278. The summed E-state index contributed by atoms with van der Waals surface area (Å²) < 4.78 is 5.99. The number of carboxylic acids is 1. The summed E-state index contributed by atoms with van der Waals surface area (Å²) in [6.07, 6.45) is 0. The Morgan fingerprint density at radius 1 is 1.05 bits per heavy atom. The molecule has 2 aromatic rings. The summed E-state index contributed by atoms with van der Waals surface area (Å²) in [5.74, 6) is 0.381. The molecule has 0 amide bonds. The van der Waals surface area contributed by atoms with Crippen LogP contribution in [0.2, 0.25) is 0 Å². The van der Waals surface area contributed by atoms with E-state index in [4.69, 9.17) is 9.84 Å². The summed E-state index contributed by atoms with van der Waals surface area (Å²) in [4.78, 5) is 11.1. The average Bonchev–Trinajstić information content (AvgIpc) is 2.40. The Hall–Kier alpha value is -2.29. The van der Waals surface area contributed by atoms with E-state index in [2.05, 4.69) is 20.8 Å². The Labute approximate surface area is 125 Å². The van der Waals surface area contributed by atoms with Gasteiger partial charge in [0.25, 0.3) is 0 Å². The van der Waals surface area contributed by atoms with E-state index >= 15 is 0 Å². The van der Waals surface area contributed by atoms with E-state index < -0.39 is 5.97 Å². The van der Waals surface area contributed by atoms with Gasteiger partial charge in [-0.25, -0.2) is 4.79 Å². The van der Waals surface area contributed by atoms with E-state index in [-0.39, 0.29) is 11.0 Å². The zero-order chi connectivity index (χ0) is 15.6. The van der Waals surface area contributed by atoms with Gasteiger partial charge in [-0.05, 0) is 36.1 Å². The topological polar surface area (TPSA) is 46.5 Å². The molecule has 2 rings (SSSR count). The molecule has 0 spiro atoms. The number of rotatable bonds is 3. The smallest absolute Gasteiger partial charge is 0.335 e. The van der Waals surface area contributed by atoms with Crippen molar-refractivity contribution >= 4 is 5.97 Å². The molecule has 0 bridgehead atoms. The van der Waals surface area contributed by atoms with Gasteiger partial charge in [0.05, 0.1) is 5.56 Å². The molecule has 0 saturated carbocycles. The van der Waals surface area contributed by atoms with E-state index in [1.54, 1.807) is 18.2 Å². The maximum atomic E-state index is 11.1. The molecule has 0 aromatic heterocycles. The van der Waals surface area contributed by atoms with Gasteiger partial charge in [0, 0.05) is 5.56 Å². The van der Waals surface area contributed by atoms with Crippen molar-refractivity contribution in [3.63, 3.8) is 0 Å². The van der Waals surface area contributed by atoms with Crippen LogP contribution in [0.1, 0.15) is 42.3 Å². The predicted octanol–water partition coefficient (Wildman–Crippen LogP) is 4.78. The number of aryl methyl sites for hydroxylation is 1. The lowest BCUT2D eigenvalue weighted by molar-refractivity contribution is 0.0696. The van der Waals surface area contributed by atoms with Crippen LogP contribution >= 0.6 is 0 Å².